The zero-order valence-electron chi connectivity index (χ0n) is 14.0. The van der Waals surface area contributed by atoms with Crippen molar-refractivity contribution in [2.45, 2.75) is 25.3 Å². The highest BCUT2D eigenvalue weighted by atomic mass is 32.2. The van der Waals surface area contributed by atoms with Crippen molar-refractivity contribution >= 4 is 15.7 Å². The van der Waals surface area contributed by atoms with Crippen molar-refractivity contribution < 1.29 is 13.2 Å². The minimum Gasteiger partial charge on any atom is -0.455 e. The van der Waals surface area contributed by atoms with Crippen LogP contribution in [0.2, 0.25) is 0 Å². The lowest BCUT2D eigenvalue weighted by Crippen LogP contribution is -2.14. The molecule has 25 heavy (non-hydrogen) atoms. The van der Waals surface area contributed by atoms with Crippen LogP contribution in [0.4, 0.5) is 5.69 Å². The number of sulfonamides is 1. The van der Waals surface area contributed by atoms with Crippen molar-refractivity contribution in [3.05, 3.63) is 66.5 Å². The standard InChI is InChI=1S/C18H19N3O3S/c1-3-21-13-18(14(2)19-21)25(22,23)20-16-11-7-8-12-17(16)24-15-9-5-4-6-10-15/h4-13,20H,3H2,1-2H3. The van der Waals surface area contributed by atoms with E-state index in [1.54, 1.807) is 48.0 Å². The Kier molecular flexibility index (Phi) is 4.76. The first-order chi connectivity index (χ1) is 12.0. The molecule has 0 atom stereocenters. The Bertz CT molecular complexity index is 966. The molecule has 0 unspecified atom stereocenters. The number of anilines is 1. The fourth-order valence-corrected chi connectivity index (χ4v) is 3.64. The fourth-order valence-electron chi connectivity index (χ4n) is 2.38. The lowest BCUT2D eigenvalue weighted by atomic mass is 10.3. The molecule has 0 aliphatic heterocycles. The van der Waals surface area contributed by atoms with Crippen LogP contribution < -0.4 is 9.46 Å². The van der Waals surface area contributed by atoms with Crippen molar-refractivity contribution in [1.29, 1.82) is 0 Å². The van der Waals surface area contributed by atoms with Gasteiger partial charge in [0, 0.05) is 12.7 Å². The average molecular weight is 357 g/mol. The van der Waals surface area contributed by atoms with Crippen LogP contribution in [-0.4, -0.2) is 18.2 Å². The summed E-state index contributed by atoms with van der Waals surface area (Å²) in [6.45, 7) is 4.18. The first-order valence-electron chi connectivity index (χ1n) is 7.88. The lowest BCUT2D eigenvalue weighted by molar-refractivity contribution is 0.485. The molecular formula is C18H19N3O3S. The van der Waals surface area contributed by atoms with E-state index in [2.05, 4.69) is 9.82 Å². The van der Waals surface area contributed by atoms with Gasteiger partial charge in [-0.05, 0) is 38.1 Å². The van der Waals surface area contributed by atoms with Crippen LogP contribution in [0.3, 0.4) is 0 Å². The number of nitrogens with one attached hydrogen (secondary N) is 1. The van der Waals surface area contributed by atoms with E-state index in [0.717, 1.165) is 0 Å². The van der Waals surface area contributed by atoms with Gasteiger partial charge in [0.1, 0.15) is 10.6 Å². The molecule has 6 nitrogen and oxygen atoms in total. The summed E-state index contributed by atoms with van der Waals surface area (Å²) in [5.41, 5.74) is 0.825. The van der Waals surface area contributed by atoms with Crippen molar-refractivity contribution in [2.75, 3.05) is 4.72 Å². The molecule has 130 valence electrons. The van der Waals surface area contributed by atoms with Crippen LogP contribution in [0.25, 0.3) is 0 Å². The van der Waals surface area contributed by atoms with E-state index in [0.29, 0.717) is 29.4 Å². The Morgan fingerprint density at radius 1 is 1.08 bits per heavy atom. The van der Waals surface area contributed by atoms with Crippen molar-refractivity contribution in [3.63, 3.8) is 0 Å². The van der Waals surface area contributed by atoms with Gasteiger partial charge in [-0.1, -0.05) is 30.3 Å². The van der Waals surface area contributed by atoms with E-state index >= 15 is 0 Å². The van der Waals surface area contributed by atoms with E-state index in [9.17, 15) is 8.42 Å². The molecule has 0 aliphatic rings. The summed E-state index contributed by atoms with van der Waals surface area (Å²) in [7, 11) is -3.76. The predicted octanol–water partition coefficient (Wildman–Crippen LogP) is 3.80. The van der Waals surface area contributed by atoms with Crippen LogP contribution in [0, 0.1) is 6.92 Å². The summed E-state index contributed by atoms with van der Waals surface area (Å²) in [6.07, 6.45) is 1.53. The quantitative estimate of drug-likeness (QED) is 0.728. The molecule has 0 radical (unpaired) electrons. The van der Waals surface area contributed by atoms with Gasteiger partial charge in [0.15, 0.2) is 5.75 Å². The molecule has 0 amide bonds. The molecule has 0 bridgehead atoms. The molecule has 7 heteroatoms. The molecule has 0 fully saturated rings. The molecule has 3 aromatic rings. The van der Waals surface area contributed by atoms with Gasteiger partial charge in [-0.2, -0.15) is 5.10 Å². The summed E-state index contributed by atoms with van der Waals surface area (Å²) in [5.74, 6) is 1.06. The molecule has 1 heterocycles. The minimum atomic E-state index is -3.76. The average Bonchev–Trinajstić information content (AvgIpc) is 2.99. The van der Waals surface area contributed by atoms with E-state index in [-0.39, 0.29) is 4.90 Å². The molecule has 0 aliphatic carbocycles. The van der Waals surface area contributed by atoms with Crippen molar-refractivity contribution in [2.24, 2.45) is 0 Å². The number of ether oxygens (including phenoxy) is 1. The van der Waals surface area contributed by atoms with Crippen LogP contribution in [-0.2, 0) is 16.6 Å². The smallest absolute Gasteiger partial charge is 0.265 e. The Hall–Kier alpha value is -2.80. The zero-order valence-corrected chi connectivity index (χ0v) is 14.8. The third-order valence-corrected chi connectivity index (χ3v) is 5.09. The van der Waals surface area contributed by atoms with Gasteiger partial charge >= 0.3 is 0 Å². The third-order valence-electron chi connectivity index (χ3n) is 3.62. The maximum Gasteiger partial charge on any atom is 0.265 e. The summed E-state index contributed by atoms with van der Waals surface area (Å²) in [4.78, 5) is 0.156. The normalized spacial score (nSPS) is 11.3. The Labute approximate surface area is 147 Å². The number of para-hydroxylation sites is 3. The number of rotatable bonds is 6. The Morgan fingerprint density at radius 3 is 2.44 bits per heavy atom. The van der Waals surface area contributed by atoms with Crippen LogP contribution in [0.1, 0.15) is 12.6 Å². The summed E-state index contributed by atoms with van der Waals surface area (Å²) >= 11 is 0. The van der Waals surface area contributed by atoms with Gasteiger partial charge in [0.25, 0.3) is 10.0 Å². The van der Waals surface area contributed by atoms with Crippen molar-refractivity contribution in [1.82, 2.24) is 9.78 Å². The van der Waals surface area contributed by atoms with Gasteiger partial charge in [-0.15, -0.1) is 0 Å². The van der Waals surface area contributed by atoms with Gasteiger partial charge in [0.05, 0.1) is 11.4 Å². The molecule has 0 spiro atoms. The highest BCUT2D eigenvalue weighted by Crippen LogP contribution is 2.31. The molecule has 2 aromatic carbocycles. The molecule has 0 saturated carbocycles. The largest absolute Gasteiger partial charge is 0.455 e. The van der Waals surface area contributed by atoms with E-state index < -0.39 is 10.0 Å². The third kappa shape index (κ3) is 3.83. The second-order valence-corrected chi connectivity index (χ2v) is 7.10. The molecule has 1 aromatic heterocycles. The number of hydrogen-bond acceptors (Lipinski definition) is 4. The zero-order chi connectivity index (χ0) is 17.9. The van der Waals surface area contributed by atoms with E-state index in [4.69, 9.17) is 4.74 Å². The number of nitrogens with zero attached hydrogens (tertiary/aromatic N) is 2. The number of hydrogen-bond donors (Lipinski definition) is 1. The van der Waals surface area contributed by atoms with Gasteiger partial charge in [0.2, 0.25) is 0 Å². The van der Waals surface area contributed by atoms with Gasteiger partial charge < -0.3 is 4.74 Å². The monoisotopic (exact) mass is 357 g/mol. The van der Waals surface area contributed by atoms with Crippen LogP contribution >= 0.6 is 0 Å². The van der Waals surface area contributed by atoms with Crippen LogP contribution in [0.5, 0.6) is 11.5 Å². The maximum atomic E-state index is 12.7. The second kappa shape index (κ2) is 6.98. The minimum absolute atomic E-state index is 0.156. The Balaban J connectivity index is 1.91. The molecule has 1 N–H and O–H groups in total. The maximum absolute atomic E-state index is 12.7. The number of benzene rings is 2. The fraction of sp³-hybridized carbons (Fsp3) is 0.167. The molecule has 3 rings (SSSR count). The first kappa shape index (κ1) is 17.0. The van der Waals surface area contributed by atoms with E-state index in [1.165, 1.54) is 6.20 Å². The van der Waals surface area contributed by atoms with Gasteiger partial charge in [-0.3, -0.25) is 9.40 Å². The van der Waals surface area contributed by atoms with E-state index in [1.807, 2.05) is 25.1 Å². The molecular weight excluding hydrogens is 338 g/mol. The SMILES string of the molecule is CCn1cc(S(=O)(=O)Nc2ccccc2Oc2ccccc2)c(C)n1. The highest BCUT2D eigenvalue weighted by Gasteiger charge is 2.21. The second-order valence-electron chi connectivity index (χ2n) is 5.45. The van der Waals surface area contributed by atoms with Crippen molar-refractivity contribution in [3.8, 4) is 11.5 Å². The van der Waals surface area contributed by atoms with Crippen LogP contribution in [0.15, 0.2) is 65.7 Å². The number of aromatic nitrogens is 2. The summed E-state index contributed by atoms with van der Waals surface area (Å²) in [5, 5.41) is 4.19. The highest BCUT2D eigenvalue weighted by molar-refractivity contribution is 7.92. The predicted molar refractivity (Wildman–Crippen MR) is 96.4 cm³/mol. The number of aryl methyl sites for hydroxylation is 2. The lowest BCUT2D eigenvalue weighted by Gasteiger charge is -2.13. The molecule has 0 saturated heterocycles. The summed E-state index contributed by atoms with van der Waals surface area (Å²) in [6, 6.07) is 16.1. The van der Waals surface area contributed by atoms with Gasteiger partial charge in [-0.25, -0.2) is 8.42 Å². The Morgan fingerprint density at radius 2 is 1.76 bits per heavy atom. The first-order valence-corrected chi connectivity index (χ1v) is 9.36. The topological polar surface area (TPSA) is 73.2 Å². The summed E-state index contributed by atoms with van der Waals surface area (Å²) < 4.78 is 35.5.